The Bertz CT molecular complexity index is 755. The van der Waals surface area contributed by atoms with Crippen LogP contribution in [0.3, 0.4) is 0 Å². The van der Waals surface area contributed by atoms with E-state index in [9.17, 15) is 14.0 Å². The van der Waals surface area contributed by atoms with Gasteiger partial charge in [-0.1, -0.05) is 12.1 Å². The molecule has 0 saturated carbocycles. The molecule has 2 aromatic carbocycles. The van der Waals surface area contributed by atoms with E-state index in [1.54, 1.807) is 24.3 Å². The van der Waals surface area contributed by atoms with Gasteiger partial charge in [-0.2, -0.15) is 0 Å². The number of halogens is 1. The first kappa shape index (κ1) is 15.5. The van der Waals surface area contributed by atoms with Gasteiger partial charge < -0.3 is 14.8 Å². The summed E-state index contributed by atoms with van der Waals surface area (Å²) in [4.78, 5) is 23.0. The van der Waals surface area contributed by atoms with E-state index in [0.29, 0.717) is 5.69 Å². The Kier molecular flexibility index (Phi) is 4.73. The number of ether oxygens (including phenoxy) is 2. The van der Waals surface area contributed by atoms with Crippen molar-refractivity contribution in [1.82, 2.24) is 0 Å². The highest BCUT2D eigenvalue weighted by Gasteiger charge is 2.13. The van der Waals surface area contributed by atoms with Gasteiger partial charge in [0.05, 0.1) is 20.3 Å². The van der Waals surface area contributed by atoms with E-state index < -0.39 is 11.9 Å². The second-order valence-corrected chi connectivity index (χ2v) is 4.40. The second-order valence-electron chi connectivity index (χ2n) is 4.40. The van der Waals surface area contributed by atoms with E-state index >= 15 is 0 Å². The summed E-state index contributed by atoms with van der Waals surface area (Å²) in [6, 6.07) is 9.46. The summed E-state index contributed by atoms with van der Waals surface area (Å²) in [7, 11) is 2.41. The van der Waals surface area contributed by atoms with Gasteiger partial charge in [0.25, 0.3) is 0 Å². The molecule has 0 unspecified atom stereocenters. The van der Waals surface area contributed by atoms with E-state index in [-0.39, 0.29) is 11.5 Å². The molecule has 0 heterocycles. The van der Waals surface area contributed by atoms with E-state index in [0.717, 1.165) is 16.8 Å². The molecule has 0 radical (unpaired) electrons. The fourth-order valence-electron chi connectivity index (χ4n) is 1.88. The molecule has 0 aromatic heterocycles. The van der Waals surface area contributed by atoms with Crippen LogP contribution in [-0.4, -0.2) is 26.2 Å². The van der Waals surface area contributed by atoms with Crippen molar-refractivity contribution in [2.45, 2.75) is 0 Å². The first-order valence-corrected chi connectivity index (χ1v) is 6.38. The zero-order chi connectivity index (χ0) is 16.1. The molecular formula is C16H14FNO4. The summed E-state index contributed by atoms with van der Waals surface area (Å²) < 4.78 is 22.2. The van der Waals surface area contributed by atoms with E-state index in [2.05, 4.69) is 14.8 Å². The Morgan fingerprint density at radius 2 is 1.73 bits per heavy atom. The van der Waals surface area contributed by atoms with Gasteiger partial charge in [-0.05, 0) is 35.0 Å². The van der Waals surface area contributed by atoms with E-state index in [1.807, 2.05) is 0 Å². The van der Waals surface area contributed by atoms with Crippen molar-refractivity contribution in [2.24, 2.45) is 0 Å². The molecule has 0 amide bonds. The van der Waals surface area contributed by atoms with Crippen LogP contribution in [0.4, 0.5) is 10.1 Å². The zero-order valence-electron chi connectivity index (χ0n) is 12.1. The lowest BCUT2D eigenvalue weighted by Crippen LogP contribution is -2.15. The summed E-state index contributed by atoms with van der Waals surface area (Å²) in [5.41, 5.74) is 0.496. The molecular weight excluding hydrogens is 289 g/mol. The maximum Gasteiger partial charge on any atom is 0.354 e. The third-order valence-corrected chi connectivity index (χ3v) is 2.95. The quantitative estimate of drug-likeness (QED) is 0.695. The molecule has 0 aliphatic rings. The number of esters is 2. The monoisotopic (exact) mass is 303 g/mol. The second kappa shape index (κ2) is 6.71. The molecule has 0 atom stereocenters. The van der Waals surface area contributed by atoms with Gasteiger partial charge in [-0.25, -0.2) is 14.0 Å². The highest BCUT2D eigenvalue weighted by atomic mass is 19.1. The molecule has 0 bridgehead atoms. The number of hydrogen-bond donors (Lipinski definition) is 1. The van der Waals surface area contributed by atoms with Gasteiger partial charge in [0, 0.05) is 5.69 Å². The summed E-state index contributed by atoms with van der Waals surface area (Å²) in [6.07, 6.45) is 1.00. The molecule has 0 spiro atoms. The highest BCUT2D eigenvalue weighted by molar-refractivity contribution is 5.99. The maximum atomic E-state index is 13.1. The van der Waals surface area contributed by atoms with Crippen LogP contribution in [0, 0.1) is 5.82 Å². The molecule has 22 heavy (non-hydrogen) atoms. The number of anilines is 1. The fourth-order valence-corrected chi connectivity index (χ4v) is 1.88. The lowest BCUT2D eigenvalue weighted by molar-refractivity contribution is -0.138. The maximum absolute atomic E-state index is 13.1. The minimum Gasteiger partial charge on any atom is -0.466 e. The van der Waals surface area contributed by atoms with Crippen molar-refractivity contribution in [2.75, 3.05) is 19.5 Å². The topological polar surface area (TPSA) is 64.6 Å². The number of hydrogen-bond acceptors (Lipinski definition) is 5. The highest BCUT2D eigenvalue weighted by Crippen LogP contribution is 2.21. The van der Waals surface area contributed by atoms with Gasteiger partial charge >= 0.3 is 11.9 Å². The van der Waals surface area contributed by atoms with Crippen molar-refractivity contribution in [1.29, 1.82) is 0 Å². The standard InChI is InChI=1S/C16H14FNO4/c1-21-15(19)9-14(16(20)22-2)18-13-6-4-10-7-12(17)5-3-11(10)8-13/h3-9,18H,1-2H3/b14-9+. The van der Waals surface area contributed by atoms with Crippen molar-refractivity contribution >= 4 is 28.4 Å². The average Bonchev–Trinajstić information content (AvgIpc) is 2.53. The van der Waals surface area contributed by atoms with Crippen LogP contribution in [0.5, 0.6) is 0 Å². The van der Waals surface area contributed by atoms with Crippen LogP contribution < -0.4 is 5.32 Å². The number of rotatable bonds is 4. The molecule has 0 fully saturated rings. The molecule has 0 aliphatic carbocycles. The number of methoxy groups -OCH3 is 2. The van der Waals surface area contributed by atoms with E-state index in [1.165, 1.54) is 26.4 Å². The Balaban J connectivity index is 2.33. The molecule has 1 N–H and O–H groups in total. The number of carbonyl (C=O) groups excluding carboxylic acids is 2. The van der Waals surface area contributed by atoms with Gasteiger partial charge in [0.2, 0.25) is 0 Å². The summed E-state index contributed by atoms with van der Waals surface area (Å²) in [5.74, 6) is -1.71. The number of carbonyl (C=O) groups is 2. The minimum atomic E-state index is -0.704. The Labute approximate surface area is 126 Å². The molecule has 2 rings (SSSR count). The van der Waals surface area contributed by atoms with Gasteiger partial charge in [-0.3, -0.25) is 0 Å². The van der Waals surface area contributed by atoms with Crippen LogP contribution in [0.15, 0.2) is 48.2 Å². The zero-order valence-corrected chi connectivity index (χ0v) is 12.1. The van der Waals surface area contributed by atoms with Crippen LogP contribution >= 0.6 is 0 Å². The molecule has 0 aliphatic heterocycles. The summed E-state index contributed by atoms with van der Waals surface area (Å²) in [5, 5.41) is 4.30. The Morgan fingerprint density at radius 3 is 2.41 bits per heavy atom. The number of fused-ring (bicyclic) bond motifs is 1. The van der Waals surface area contributed by atoms with Gasteiger partial charge in [-0.15, -0.1) is 0 Å². The third kappa shape index (κ3) is 3.60. The van der Waals surface area contributed by atoms with E-state index in [4.69, 9.17) is 0 Å². The number of benzene rings is 2. The fraction of sp³-hybridized carbons (Fsp3) is 0.125. The smallest absolute Gasteiger partial charge is 0.354 e. The number of nitrogens with one attached hydrogen (secondary N) is 1. The van der Waals surface area contributed by atoms with Crippen molar-refractivity contribution in [3.8, 4) is 0 Å². The van der Waals surface area contributed by atoms with Gasteiger partial charge in [0.15, 0.2) is 0 Å². The lowest BCUT2D eigenvalue weighted by Gasteiger charge is -2.10. The predicted molar refractivity (Wildman–Crippen MR) is 79.6 cm³/mol. The Morgan fingerprint density at radius 1 is 1.05 bits per heavy atom. The first-order chi connectivity index (χ1) is 10.5. The largest absolute Gasteiger partial charge is 0.466 e. The van der Waals surface area contributed by atoms with Crippen LogP contribution in [0.25, 0.3) is 10.8 Å². The minimum absolute atomic E-state index is 0.0594. The predicted octanol–water partition coefficient (Wildman–Crippen LogP) is 2.62. The average molecular weight is 303 g/mol. The molecule has 114 valence electrons. The first-order valence-electron chi connectivity index (χ1n) is 6.38. The molecule has 6 heteroatoms. The van der Waals surface area contributed by atoms with Crippen LogP contribution in [0.1, 0.15) is 0 Å². The van der Waals surface area contributed by atoms with Crippen LogP contribution in [-0.2, 0) is 19.1 Å². The summed E-state index contributed by atoms with van der Waals surface area (Å²) >= 11 is 0. The molecule has 2 aromatic rings. The lowest BCUT2D eigenvalue weighted by atomic mass is 10.1. The molecule has 0 saturated heterocycles. The van der Waals surface area contributed by atoms with Crippen molar-refractivity contribution < 1.29 is 23.5 Å². The Hall–Kier alpha value is -2.89. The van der Waals surface area contributed by atoms with Crippen LogP contribution in [0.2, 0.25) is 0 Å². The van der Waals surface area contributed by atoms with Crippen molar-refractivity contribution in [3.63, 3.8) is 0 Å². The normalized spacial score (nSPS) is 11.1. The van der Waals surface area contributed by atoms with Crippen molar-refractivity contribution in [3.05, 3.63) is 54.0 Å². The summed E-state index contributed by atoms with van der Waals surface area (Å²) in [6.45, 7) is 0. The molecule has 5 nitrogen and oxygen atoms in total. The third-order valence-electron chi connectivity index (χ3n) is 2.95. The van der Waals surface area contributed by atoms with Gasteiger partial charge in [0.1, 0.15) is 11.5 Å². The SMILES string of the molecule is COC(=O)/C=C(/Nc1ccc2cc(F)ccc2c1)C(=O)OC.